The Bertz CT molecular complexity index is 324. The topological polar surface area (TPSA) is 12.0 Å². The zero-order chi connectivity index (χ0) is 12.7. The summed E-state index contributed by atoms with van der Waals surface area (Å²) in [5.41, 5.74) is 1.27. The van der Waals surface area contributed by atoms with Gasteiger partial charge < -0.3 is 5.32 Å². The van der Waals surface area contributed by atoms with E-state index in [1.54, 1.807) is 0 Å². The Morgan fingerprint density at radius 2 is 1.88 bits per heavy atom. The Kier molecular flexibility index (Phi) is 6.61. The van der Waals surface area contributed by atoms with Crippen LogP contribution in [0.1, 0.15) is 32.8 Å². The molecule has 1 rings (SSSR count). The molecule has 0 radical (unpaired) electrons. The van der Waals surface area contributed by atoms with E-state index in [2.05, 4.69) is 38.2 Å². The van der Waals surface area contributed by atoms with E-state index in [0.29, 0.717) is 11.8 Å². The summed E-state index contributed by atoms with van der Waals surface area (Å²) in [7, 11) is 0. The molecular weight excluding hydrogens is 230 g/mol. The van der Waals surface area contributed by atoms with E-state index in [4.69, 9.17) is 11.6 Å². The van der Waals surface area contributed by atoms with Crippen molar-refractivity contribution < 1.29 is 0 Å². The summed E-state index contributed by atoms with van der Waals surface area (Å²) in [4.78, 5) is 0. The van der Waals surface area contributed by atoms with Gasteiger partial charge in [-0.1, -0.05) is 50.6 Å². The summed E-state index contributed by atoms with van der Waals surface area (Å²) in [6, 6.07) is 8.16. The lowest BCUT2D eigenvalue weighted by molar-refractivity contribution is 0.365. The van der Waals surface area contributed by atoms with Gasteiger partial charge in [0.1, 0.15) is 0 Å². The Morgan fingerprint density at radius 3 is 2.53 bits per heavy atom. The van der Waals surface area contributed by atoms with Crippen molar-refractivity contribution in [1.29, 1.82) is 0 Å². The first kappa shape index (κ1) is 14.5. The highest BCUT2D eigenvalue weighted by molar-refractivity contribution is 6.31. The van der Waals surface area contributed by atoms with Crippen molar-refractivity contribution in [3.05, 3.63) is 34.9 Å². The van der Waals surface area contributed by atoms with Gasteiger partial charge in [-0.15, -0.1) is 0 Å². The number of hydrogen-bond acceptors (Lipinski definition) is 1. The van der Waals surface area contributed by atoms with Gasteiger partial charge in [0.15, 0.2) is 0 Å². The zero-order valence-corrected chi connectivity index (χ0v) is 11.9. The van der Waals surface area contributed by atoms with Crippen LogP contribution in [0.15, 0.2) is 24.3 Å². The van der Waals surface area contributed by atoms with Crippen LogP contribution in [0.4, 0.5) is 0 Å². The van der Waals surface area contributed by atoms with E-state index in [1.807, 2.05) is 12.1 Å². The molecule has 0 heterocycles. The average molecular weight is 254 g/mol. The fourth-order valence-corrected chi connectivity index (χ4v) is 2.13. The molecule has 0 saturated heterocycles. The average Bonchev–Trinajstić information content (AvgIpc) is 2.32. The van der Waals surface area contributed by atoms with Crippen LogP contribution in [-0.4, -0.2) is 13.1 Å². The van der Waals surface area contributed by atoms with E-state index in [-0.39, 0.29) is 0 Å². The highest BCUT2D eigenvalue weighted by atomic mass is 35.5. The summed E-state index contributed by atoms with van der Waals surface area (Å²) < 4.78 is 0. The van der Waals surface area contributed by atoms with Gasteiger partial charge in [-0.25, -0.2) is 0 Å². The lowest BCUT2D eigenvalue weighted by Gasteiger charge is -2.21. The highest BCUT2D eigenvalue weighted by Gasteiger charge is 2.13. The number of hydrogen-bond donors (Lipinski definition) is 1. The van der Waals surface area contributed by atoms with Crippen LogP contribution < -0.4 is 5.32 Å². The molecule has 0 amide bonds. The second-order valence-electron chi connectivity index (χ2n) is 4.95. The Balaban J connectivity index is 2.43. The number of nitrogens with one attached hydrogen (secondary N) is 1. The summed E-state index contributed by atoms with van der Waals surface area (Å²) in [5, 5.41) is 4.38. The maximum Gasteiger partial charge on any atom is 0.0438 e. The van der Waals surface area contributed by atoms with Crippen LogP contribution in [0.5, 0.6) is 0 Å². The highest BCUT2D eigenvalue weighted by Crippen LogP contribution is 2.22. The van der Waals surface area contributed by atoms with Gasteiger partial charge in [-0.3, -0.25) is 0 Å². The summed E-state index contributed by atoms with van der Waals surface area (Å²) >= 11 is 6.18. The molecule has 0 aromatic heterocycles. The second-order valence-corrected chi connectivity index (χ2v) is 5.36. The third-order valence-electron chi connectivity index (χ3n) is 3.36. The van der Waals surface area contributed by atoms with E-state index in [1.165, 1.54) is 12.0 Å². The molecule has 0 fully saturated rings. The first-order chi connectivity index (χ1) is 8.15. The number of halogens is 1. The maximum absolute atomic E-state index is 6.18. The van der Waals surface area contributed by atoms with Crippen molar-refractivity contribution in [1.82, 2.24) is 5.32 Å². The van der Waals surface area contributed by atoms with Gasteiger partial charge in [0, 0.05) is 5.02 Å². The summed E-state index contributed by atoms with van der Waals surface area (Å²) in [6.45, 7) is 9.03. The molecule has 2 unspecified atom stereocenters. The smallest absolute Gasteiger partial charge is 0.0438 e. The predicted molar refractivity (Wildman–Crippen MR) is 76.6 cm³/mol. The SMILES string of the molecule is CCCNCC(C)C(C)Cc1ccccc1Cl. The van der Waals surface area contributed by atoms with E-state index in [9.17, 15) is 0 Å². The molecule has 1 aromatic rings. The van der Waals surface area contributed by atoms with Crippen LogP contribution in [0, 0.1) is 11.8 Å². The maximum atomic E-state index is 6.18. The number of benzene rings is 1. The van der Waals surface area contributed by atoms with Gasteiger partial charge in [-0.2, -0.15) is 0 Å². The molecule has 17 heavy (non-hydrogen) atoms. The zero-order valence-electron chi connectivity index (χ0n) is 11.2. The van der Waals surface area contributed by atoms with Crippen LogP contribution >= 0.6 is 11.6 Å². The van der Waals surface area contributed by atoms with Crippen molar-refractivity contribution in [3.8, 4) is 0 Å². The fourth-order valence-electron chi connectivity index (χ4n) is 1.92. The molecule has 1 N–H and O–H groups in total. The molecule has 0 saturated carbocycles. The van der Waals surface area contributed by atoms with Crippen molar-refractivity contribution in [2.45, 2.75) is 33.6 Å². The molecule has 0 aliphatic heterocycles. The second kappa shape index (κ2) is 7.73. The number of rotatable bonds is 7. The molecule has 0 aliphatic rings. The molecule has 0 aliphatic carbocycles. The van der Waals surface area contributed by atoms with Gasteiger partial charge in [0.25, 0.3) is 0 Å². The largest absolute Gasteiger partial charge is 0.316 e. The van der Waals surface area contributed by atoms with Crippen molar-refractivity contribution in [3.63, 3.8) is 0 Å². The lowest BCUT2D eigenvalue weighted by atomic mass is 9.89. The van der Waals surface area contributed by atoms with Gasteiger partial charge in [0.2, 0.25) is 0 Å². The lowest BCUT2D eigenvalue weighted by Crippen LogP contribution is -2.26. The molecule has 96 valence electrons. The molecular formula is C15H24ClN. The van der Waals surface area contributed by atoms with Gasteiger partial charge in [-0.05, 0) is 49.4 Å². The normalized spacial score (nSPS) is 14.6. The van der Waals surface area contributed by atoms with Crippen molar-refractivity contribution in [2.24, 2.45) is 11.8 Å². The molecule has 0 bridgehead atoms. The summed E-state index contributed by atoms with van der Waals surface area (Å²) in [5.74, 6) is 1.33. The van der Waals surface area contributed by atoms with Gasteiger partial charge >= 0.3 is 0 Å². The van der Waals surface area contributed by atoms with Crippen molar-refractivity contribution in [2.75, 3.05) is 13.1 Å². The van der Waals surface area contributed by atoms with Crippen LogP contribution in [0.25, 0.3) is 0 Å². The predicted octanol–water partition coefficient (Wildman–Crippen LogP) is 4.15. The first-order valence-electron chi connectivity index (χ1n) is 6.59. The standard InChI is InChI=1S/C15H24ClN/c1-4-9-17-11-13(3)12(2)10-14-7-5-6-8-15(14)16/h5-8,12-13,17H,4,9-11H2,1-3H3. The van der Waals surface area contributed by atoms with E-state index >= 15 is 0 Å². The molecule has 0 spiro atoms. The van der Waals surface area contributed by atoms with E-state index < -0.39 is 0 Å². The van der Waals surface area contributed by atoms with Crippen LogP contribution in [0.2, 0.25) is 5.02 Å². The van der Waals surface area contributed by atoms with Crippen LogP contribution in [-0.2, 0) is 6.42 Å². The Labute approximate surface area is 111 Å². The van der Waals surface area contributed by atoms with Crippen LogP contribution in [0.3, 0.4) is 0 Å². The first-order valence-corrected chi connectivity index (χ1v) is 6.97. The summed E-state index contributed by atoms with van der Waals surface area (Å²) in [6.07, 6.45) is 2.26. The third kappa shape index (κ3) is 5.10. The Hall–Kier alpha value is -0.530. The molecule has 2 atom stereocenters. The Morgan fingerprint density at radius 1 is 1.18 bits per heavy atom. The van der Waals surface area contributed by atoms with E-state index in [0.717, 1.165) is 24.5 Å². The molecule has 1 aromatic carbocycles. The monoisotopic (exact) mass is 253 g/mol. The minimum atomic E-state index is 0.652. The minimum Gasteiger partial charge on any atom is -0.316 e. The van der Waals surface area contributed by atoms with Crippen molar-refractivity contribution >= 4 is 11.6 Å². The quantitative estimate of drug-likeness (QED) is 0.720. The molecule has 1 nitrogen and oxygen atoms in total. The minimum absolute atomic E-state index is 0.652. The molecule has 2 heteroatoms. The third-order valence-corrected chi connectivity index (χ3v) is 3.73. The fraction of sp³-hybridized carbons (Fsp3) is 0.600. The van der Waals surface area contributed by atoms with Gasteiger partial charge in [0.05, 0.1) is 0 Å².